The van der Waals surface area contributed by atoms with Gasteiger partial charge in [0.1, 0.15) is 22.9 Å². The van der Waals surface area contributed by atoms with Gasteiger partial charge in [-0.2, -0.15) is 0 Å². The molecule has 0 spiro atoms. The summed E-state index contributed by atoms with van der Waals surface area (Å²) in [6.45, 7) is 4.81. The number of hydrogen-bond acceptors (Lipinski definition) is 6. The lowest BCUT2D eigenvalue weighted by Gasteiger charge is -2.36. The Morgan fingerprint density at radius 3 is 2.30 bits per heavy atom. The number of ether oxygens (including phenoxy) is 2. The van der Waals surface area contributed by atoms with Gasteiger partial charge in [0.25, 0.3) is 10.0 Å². The number of hydrogen-bond donors (Lipinski definition) is 0. The minimum atomic E-state index is -4.13. The summed E-state index contributed by atoms with van der Waals surface area (Å²) in [6, 6.07) is 21.9. The van der Waals surface area contributed by atoms with Gasteiger partial charge >= 0.3 is 0 Å². The number of benzene rings is 3. The van der Waals surface area contributed by atoms with Crippen LogP contribution < -0.4 is 13.8 Å². The Bertz CT molecular complexity index is 1320. The summed E-state index contributed by atoms with van der Waals surface area (Å²) < 4.78 is 39.8. The van der Waals surface area contributed by atoms with E-state index in [4.69, 9.17) is 9.47 Å². The average Bonchev–Trinajstić information content (AvgIpc) is 2.92. The Morgan fingerprint density at radius 2 is 1.62 bits per heavy atom. The zero-order valence-electron chi connectivity index (χ0n) is 21.5. The molecule has 9 heteroatoms. The Morgan fingerprint density at radius 1 is 0.892 bits per heavy atom. The van der Waals surface area contributed by atoms with Crippen LogP contribution in [0.4, 0.5) is 5.69 Å². The quantitative estimate of drug-likeness (QED) is 0.427. The van der Waals surface area contributed by atoms with E-state index in [9.17, 15) is 13.2 Å². The summed E-state index contributed by atoms with van der Waals surface area (Å²) in [5, 5.41) is 0. The topological polar surface area (TPSA) is 79.4 Å². The van der Waals surface area contributed by atoms with Crippen LogP contribution in [0.5, 0.6) is 11.5 Å². The summed E-state index contributed by atoms with van der Waals surface area (Å²) >= 11 is 0. The Kier molecular flexibility index (Phi) is 8.35. The standard InChI is InChI=1S/C28H33N3O5S/c1-22-12-13-26(36-3)27(18-22)37(33,34)31(24-10-7-11-25(19-24)35-2)21-28(32)30-16-14-29(15-17-30)20-23-8-5-4-6-9-23/h4-13,18-19H,14-17,20-21H2,1-3H3. The molecule has 0 aromatic heterocycles. The van der Waals surface area contributed by atoms with Crippen LogP contribution >= 0.6 is 0 Å². The van der Waals surface area contributed by atoms with Crippen LogP contribution in [-0.2, 0) is 21.4 Å². The third-order valence-corrected chi connectivity index (χ3v) is 8.28. The molecule has 37 heavy (non-hydrogen) atoms. The van der Waals surface area contributed by atoms with Crippen LogP contribution in [0.25, 0.3) is 0 Å². The molecule has 1 aliphatic heterocycles. The fourth-order valence-corrected chi connectivity index (χ4v) is 6.05. The highest BCUT2D eigenvalue weighted by molar-refractivity contribution is 7.93. The van der Waals surface area contributed by atoms with Crippen LogP contribution in [0.1, 0.15) is 11.1 Å². The first-order chi connectivity index (χ1) is 17.8. The van der Waals surface area contributed by atoms with E-state index >= 15 is 0 Å². The predicted octanol–water partition coefficient (Wildman–Crippen LogP) is 3.55. The number of sulfonamides is 1. The molecule has 1 saturated heterocycles. The first-order valence-electron chi connectivity index (χ1n) is 12.2. The lowest BCUT2D eigenvalue weighted by Crippen LogP contribution is -2.51. The minimum absolute atomic E-state index is 0.0123. The van der Waals surface area contributed by atoms with Crippen molar-refractivity contribution in [3.05, 3.63) is 83.9 Å². The first-order valence-corrected chi connectivity index (χ1v) is 13.6. The number of anilines is 1. The lowest BCUT2D eigenvalue weighted by atomic mass is 10.2. The van der Waals surface area contributed by atoms with E-state index in [-0.39, 0.29) is 23.1 Å². The summed E-state index contributed by atoms with van der Waals surface area (Å²) in [5.41, 5.74) is 2.34. The maximum atomic E-state index is 14.0. The van der Waals surface area contributed by atoms with Gasteiger partial charge in [-0.05, 0) is 42.3 Å². The molecule has 1 amide bonds. The van der Waals surface area contributed by atoms with E-state index in [0.29, 0.717) is 24.5 Å². The molecule has 4 rings (SSSR count). The molecule has 196 valence electrons. The Hall–Kier alpha value is -3.56. The molecule has 1 aliphatic rings. The summed E-state index contributed by atoms with van der Waals surface area (Å²) in [7, 11) is -1.19. The fourth-order valence-electron chi connectivity index (χ4n) is 4.40. The number of methoxy groups -OCH3 is 2. The smallest absolute Gasteiger partial charge is 0.268 e. The van der Waals surface area contributed by atoms with Crippen molar-refractivity contribution in [2.24, 2.45) is 0 Å². The van der Waals surface area contributed by atoms with Crippen molar-refractivity contribution in [3.8, 4) is 11.5 Å². The number of carbonyl (C=O) groups is 1. The molecular formula is C28H33N3O5S. The van der Waals surface area contributed by atoms with E-state index < -0.39 is 10.0 Å². The summed E-state index contributed by atoms with van der Waals surface area (Å²) in [5.74, 6) is 0.466. The maximum Gasteiger partial charge on any atom is 0.268 e. The molecule has 0 saturated carbocycles. The highest BCUT2D eigenvalue weighted by Crippen LogP contribution is 2.32. The minimum Gasteiger partial charge on any atom is -0.497 e. The second-order valence-electron chi connectivity index (χ2n) is 9.01. The molecule has 3 aromatic rings. The molecule has 1 heterocycles. The van der Waals surface area contributed by atoms with E-state index in [2.05, 4.69) is 17.0 Å². The van der Waals surface area contributed by atoms with Gasteiger partial charge < -0.3 is 14.4 Å². The Labute approximate surface area is 219 Å². The van der Waals surface area contributed by atoms with E-state index in [1.165, 1.54) is 19.8 Å². The maximum absolute atomic E-state index is 14.0. The largest absolute Gasteiger partial charge is 0.497 e. The number of piperazine rings is 1. The third kappa shape index (κ3) is 6.23. The van der Waals surface area contributed by atoms with Gasteiger partial charge in [0.05, 0.1) is 19.9 Å². The van der Waals surface area contributed by atoms with Crippen LogP contribution in [0.15, 0.2) is 77.7 Å². The number of rotatable bonds is 9. The van der Waals surface area contributed by atoms with Gasteiger partial charge in [0, 0.05) is 38.8 Å². The average molecular weight is 524 g/mol. The molecule has 1 fully saturated rings. The van der Waals surface area contributed by atoms with Crippen LogP contribution in [0, 0.1) is 6.92 Å². The Balaban J connectivity index is 1.56. The second-order valence-corrected chi connectivity index (χ2v) is 10.8. The van der Waals surface area contributed by atoms with Crippen molar-refractivity contribution in [2.45, 2.75) is 18.4 Å². The highest BCUT2D eigenvalue weighted by Gasteiger charge is 2.32. The van der Waals surface area contributed by atoms with Crippen molar-refractivity contribution in [1.82, 2.24) is 9.80 Å². The predicted molar refractivity (Wildman–Crippen MR) is 144 cm³/mol. The first kappa shape index (κ1) is 26.5. The van der Waals surface area contributed by atoms with Crippen molar-refractivity contribution >= 4 is 21.6 Å². The zero-order chi connectivity index (χ0) is 26.4. The SMILES string of the molecule is COc1cccc(N(CC(=O)N2CCN(Cc3ccccc3)CC2)S(=O)(=O)c2cc(C)ccc2OC)c1. The molecule has 0 radical (unpaired) electrons. The molecule has 0 bridgehead atoms. The molecule has 0 unspecified atom stereocenters. The van der Waals surface area contributed by atoms with Crippen molar-refractivity contribution < 1.29 is 22.7 Å². The van der Waals surface area contributed by atoms with Gasteiger partial charge in [0.2, 0.25) is 5.91 Å². The van der Waals surface area contributed by atoms with E-state index in [1.54, 1.807) is 47.4 Å². The molecule has 0 N–H and O–H groups in total. The van der Waals surface area contributed by atoms with E-state index in [1.807, 2.05) is 25.1 Å². The second kappa shape index (κ2) is 11.7. The van der Waals surface area contributed by atoms with Crippen LogP contribution in [0.2, 0.25) is 0 Å². The van der Waals surface area contributed by atoms with Gasteiger partial charge in [-0.3, -0.25) is 14.0 Å². The van der Waals surface area contributed by atoms with Crippen molar-refractivity contribution in [2.75, 3.05) is 51.2 Å². The lowest BCUT2D eigenvalue weighted by molar-refractivity contribution is -0.131. The zero-order valence-corrected chi connectivity index (χ0v) is 22.3. The number of nitrogens with zero attached hydrogens (tertiary/aromatic N) is 3. The van der Waals surface area contributed by atoms with Crippen LogP contribution in [0.3, 0.4) is 0 Å². The number of amides is 1. The molecule has 3 aromatic carbocycles. The molecule has 0 atom stereocenters. The van der Waals surface area contributed by atoms with Gasteiger partial charge in [-0.25, -0.2) is 8.42 Å². The van der Waals surface area contributed by atoms with Gasteiger partial charge in [0.15, 0.2) is 0 Å². The van der Waals surface area contributed by atoms with Crippen molar-refractivity contribution in [1.29, 1.82) is 0 Å². The van der Waals surface area contributed by atoms with Gasteiger partial charge in [-0.15, -0.1) is 0 Å². The third-order valence-electron chi connectivity index (χ3n) is 6.48. The fraction of sp³-hybridized carbons (Fsp3) is 0.321. The summed E-state index contributed by atoms with van der Waals surface area (Å²) in [6.07, 6.45) is 0. The summed E-state index contributed by atoms with van der Waals surface area (Å²) in [4.78, 5) is 17.5. The van der Waals surface area contributed by atoms with Crippen LogP contribution in [-0.4, -0.2) is 71.1 Å². The highest BCUT2D eigenvalue weighted by atomic mass is 32.2. The van der Waals surface area contributed by atoms with Crippen molar-refractivity contribution in [3.63, 3.8) is 0 Å². The van der Waals surface area contributed by atoms with E-state index in [0.717, 1.165) is 29.5 Å². The molecular weight excluding hydrogens is 490 g/mol. The normalized spacial score (nSPS) is 14.3. The number of aryl methyl sites for hydroxylation is 1. The molecule has 8 nitrogen and oxygen atoms in total. The van der Waals surface area contributed by atoms with Gasteiger partial charge in [-0.1, -0.05) is 42.5 Å². The number of carbonyl (C=O) groups excluding carboxylic acids is 1. The molecule has 0 aliphatic carbocycles. The monoisotopic (exact) mass is 523 g/mol.